The van der Waals surface area contributed by atoms with Crippen LogP contribution in [-0.2, 0) is 4.79 Å². The number of Topliss-reactive ketones (excluding diaryl/α,β-unsaturated/α-hetero) is 1. The van der Waals surface area contributed by atoms with Crippen molar-refractivity contribution < 1.29 is 19.4 Å². The molecule has 1 aliphatic carbocycles. The van der Waals surface area contributed by atoms with Crippen molar-refractivity contribution in [1.82, 2.24) is 0 Å². The number of hydrogen-bond acceptors (Lipinski definition) is 4. The lowest BCUT2D eigenvalue weighted by Crippen LogP contribution is -2.36. The molecule has 0 unspecified atom stereocenters. The van der Waals surface area contributed by atoms with E-state index in [1.807, 2.05) is 48.5 Å². The molecule has 0 aromatic heterocycles. The van der Waals surface area contributed by atoms with Crippen molar-refractivity contribution in [2.75, 3.05) is 14.2 Å². The maximum Gasteiger partial charge on any atom is 0.136 e. The van der Waals surface area contributed by atoms with E-state index in [0.29, 0.717) is 6.42 Å². The predicted octanol–water partition coefficient (Wildman–Crippen LogP) is 3.93. The molecule has 0 aliphatic heterocycles. The highest BCUT2D eigenvalue weighted by Crippen LogP contribution is 2.54. The van der Waals surface area contributed by atoms with Crippen molar-refractivity contribution in [3.63, 3.8) is 0 Å². The second kappa shape index (κ2) is 7.12. The Bertz CT molecular complexity index is 762. The van der Waals surface area contributed by atoms with Crippen LogP contribution in [0.5, 0.6) is 11.5 Å². The molecule has 0 saturated heterocycles. The third kappa shape index (κ3) is 3.34. The number of aliphatic hydroxyl groups is 1. The van der Waals surface area contributed by atoms with Gasteiger partial charge in [0.05, 0.1) is 25.7 Å². The Morgan fingerprint density at radius 3 is 1.85 bits per heavy atom. The van der Waals surface area contributed by atoms with Crippen LogP contribution in [0.4, 0.5) is 0 Å². The fraction of sp³-hybridized carbons (Fsp3) is 0.409. The van der Waals surface area contributed by atoms with Gasteiger partial charge in [-0.15, -0.1) is 0 Å². The summed E-state index contributed by atoms with van der Waals surface area (Å²) in [6.45, 7) is 3.35. The van der Waals surface area contributed by atoms with Crippen molar-refractivity contribution in [2.24, 2.45) is 5.92 Å². The van der Waals surface area contributed by atoms with Gasteiger partial charge in [-0.1, -0.05) is 24.3 Å². The molecule has 1 N–H and O–H groups in total. The fourth-order valence-corrected chi connectivity index (χ4v) is 4.44. The summed E-state index contributed by atoms with van der Waals surface area (Å²) >= 11 is 0. The number of ether oxygens (including phenoxy) is 2. The maximum atomic E-state index is 12.4. The lowest BCUT2D eigenvalue weighted by atomic mass is 9.77. The molecule has 0 amide bonds. The SMILES string of the molecule is COc1ccc([C@@H]2[C@@H](C(C)=O)[C@](C)(O)C[C@H]2c2ccc(OC)cc2)cc1. The number of rotatable bonds is 5. The summed E-state index contributed by atoms with van der Waals surface area (Å²) in [6.07, 6.45) is 0.542. The zero-order valence-corrected chi connectivity index (χ0v) is 15.7. The molecule has 26 heavy (non-hydrogen) atoms. The van der Waals surface area contributed by atoms with Crippen molar-refractivity contribution in [2.45, 2.75) is 37.7 Å². The number of benzene rings is 2. The van der Waals surface area contributed by atoms with E-state index >= 15 is 0 Å². The molecule has 3 rings (SSSR count). The van der Waals surface area contributed by atoms with E-state index in [-0.39, 0.29) is 17.6 Å². The highest BCUT2D eigenvalue weighted by Gasteiger charge is 2.52. The molecule has 2 aromatic rings. The molecule has 138 valence electrons. The first-order valence-corrected chi connectivity index (χ1v) is 8.88. The second-order valence-electron chi connectivity index (χ2n) is 7.33. The van der Waals surface area contributed by atoms with Crippen LogP contribution in [-0.4, -0.2) is 30.7 Å². The lowest BCUT2D eigenvalue weighted by molar-refractivity contribution is -0.127. The average molecular weight is 354 g/mol. The Morgan fingerprint density at radius 2 is 1.42 bits per heavy atom. The number of ketones is 1. The Kier molecular flexibility index (Phi) is 5.05. The molecule has 1 aliphatic rings. The molecular formula is C22H26O4. The monoisotopic (exact) mass is 354 g/mol. The Labute approximate surface area is 154 Å². The Morgan fingerprint density at radius 1 is 0.962 bits per heavy atom. The number of methoxy groups -OCH3 is 2. The molecule has 2 aromatic carbocycles. The lowest BCUT2D eigenvalue weighted by Gasteiger charge is -2.28. The van der Waals surface area contributed by atoms with E-state index in [2.05, 4.69) is 0 Å². The first-order valence-electron chi connectivity index (χ1n) is 8.88. The molecular weight excluding hydrogens is 328 g/mol. The largest absolute Gasteiger partial charge is 0.497 e. The zero-order chi connectivity index (χ0) is 18.9. The molecule has 1 saturated carbocycles. The van der Waals surface area contributed by atoms with Gasteiger partial charge in [0.1, 0.15) is 17.3 Å². The average Bonchev–Trinajstić information content (AvgIpc) is 2.93. The van der Waals surface area contributed by atoms with Crippen LogP contribution in [0, 0.1) is 5.92 Å². The van der Waals surface area contributed by atoms with Gasteiger partial charge in [-0.25, -0.2) is 0 Å². The van der Waals surface area contributed by atoms with E-state index in [1.54, 1.807) is 28.1 Å². The first-order chi connectivity index (χ1) is 12.4. The van der Waals surface area contributed by atoms with Crippen LogP contribution in [0.15, 0.2) is 48.5 Å². The van der Waals surface area contributed by atoms with Gasteiger partial charge in [0.2, 0.25) is 0 Å². The topological polar surface area (TPSA) is 55.8 Å². The van der Waals surface area contributed by atoms with Gasteiger partial charge in [-0.3, -0.25) is 4.79 Å². The number of carbonyl (C=O) groups excluding carboxylic acids is 1. The van der Waals surface area contributed by atoms with E-state index in [0.717, 1.165) is 22.6 Å². The van der Waals surface area contributed by atoms with Crippen LogP contribution in [0.3, 0.4) is 0 Å². The third-order valence-corrected chi connectivity index (χ3v) is 5.58. The zero-order valence-electron chi connectivity index (χ0n) is 15.7. The Balaban J connectivity index is 2.06. The predicted molar refractivity (Wildman–Crippen MR) is 101 cm³/mol. The van der Waals surface area contributed by atoms with Crippen molar-refractivity contribution in [3.8, 4) is 11.5 Å². The summed E-state index contributed by atoms with van der Waals surface area (Å²) in [6, 6.07) is 15.7. The molecule has 0 bridgehead atoms. The quantitative estimate of drug-likeness (QED) is 0.884. The van der Waals surface area contributed by atoms with Gasteiger partial charge in [0.25, 0.3) is 0 Å². The van der Waals surface area contributed by atoms with Crippen LogP contribution in [0.25, 0.3) is 0 Å². The maximum absolute atomic E-state index is 12.4. The summed E-state index contributed by atoms with van der Waals surface area (Å²) in [5.41, 5.74) is 1.11. The summed E-state index contributed by atoms with van der Waals surface area (Å²) in [7, 11) is 3.27. The molecule has 0 radical (unpaired) electrons. The van der Waals surface area contributed by atoms with Gasteiger partial charge in [-0.2, -0.15) is 0 Å². The number of hydrogen-bond donors (Lipinski definition) is 1. The van der Waals surface area contributed by atoms with Crippen molar-refractivity contribution in [3.05, 3.63) is 59.7 Å². The van der Waals surface area contributed by atoms with Gasteiger partial charge < -0.3 is 14.6 Å². The van der Waals surface area contributed by atoms with Crippen LogP contribution >= 0.6 is 0 Å². The normalized spacial score (nSPS) is 28.0. The van der Waals surface area contributed by atoms with Gasteiger partial charge >= 0.3 is 0 Å². The fourth-order valence-electron chi connectivity index (χ4n) is 4.44. The molecule has 4 atom stereocenters. The van der Waals surface area contributed by atoms with Gasteiger partial charge in [-0.05, 0) is 61.6 Å². The van der Waals surface area contributed by atoms with Crippen LogP contribution in [0.1, 0.15) is 43.2 Å². The number of carbonyl (C=O) groups is 1. The smallest absolute Gasteiger partial charge is 0.136 e. The molecule has 1 fully saturated rings. The van der Waals surface area contributed by atoms with Crippen molar-refractivity contribution in [1.29, 1.82) is 0 Å². The minimum atomic E-state index is -1.04. The third-order valence-electron chi connectivity index (χ3n) is 5.58. The van der Waals surface area contributed by atoms with Crippen LogP contribution in [0.2, 0.25) is 0 Å². The van der Waals surface area contributed by atoms with Gasteiger partial charge in [0, 0.05) is 5.92 Å². The summed E-state index contributed by atoms with van der Waals surface area (Å²) in [4.78, 5) is 12.4. The summed E-state index contributed by atoms with van der Waals surface area (Å²) in [5.74, 6) is 1.12. The van der Waals surface area contributed by atoms with Crippen molar-refractivity contribution >= 4 is 5.78 Å². The molecule has 0 heterocycles. The molecule has 0 spiro atoms. The Hall–Kier alpha value is -2.33. The van der Waals surface area contributed by atoms with E-state index in [9.17, 15) is 9.90 Å². The molecule has 4 nitrogen and oxygen atoms in total. The highest BCUT2D eigenvalue weighted by atomic mass is 16.5. The summed E-state index contributed by atoms with van der Waals surface area (Å²) < 4.78 is 10.5. The minimum Gasteiger partial charge on any atom is -0.497 e. The first kappa shape index (κ1) is 18.5. The van der Waals surface area contributed by atoms with E-state index < -0.39 is 11.5 Å². The van der Waals surface area contributed by atoms with E-state index in [4.69, 9.17) is 9.47 Å². The minimum absolute atomic E-state index is 0.0202. The van der Waals surface area contributed by atoms with Crippen LogP contribution < -0.4 is 9.47 Å². The second-order valence-corrected chi connectivity index (χ2v) is 7.33. The van der Waals surface area contributed by atoms with Gasteiger partial charge in [0.15, 0.2) is 0 Å². The van der Waals surface area contributed by atoms with E-state index in [1.165, 1.54) is 0 Å². The standard InChI is InChI=1S/C22H26O4/c1-14(23)21-20(16-7-11-18(26-4)12-8-16)19(13-22(21,2)24)15-5-9-17(25-3)10-6-15/h5-12,19-21,24H,13H2,1-4H3/t19-,20-,21+,22+/m0/s1. The highest BCUT2D eigenvalue weighted by molar-refractivity contribution is 5.81. The molecule has 4 heteroatoms. The summed E-state index contributed by atoms with van der Waals surface area (Å²) in [5, 5.41) is 11.0.